The standard InChI is InChI=1S/C13H25N3O4/c1-4-15(5-2)7-9(3)14-13(20)16-8-10(17)6-11(16)12(18)19/h9-11,17H,4-8H2,1-3H3,(H,14,20)(H,18,19). The van der Waals surface area contributed by atoms with Gasteiger partial charge in [-0.25, -0.2) is 9.59 Å². The minimum atomic E-state index is -1.08. The number of carboxylic acids is 1. The summed E-state index contributed by atoms with van der Waals surface area (Å²) in [5.41, 5.74) is 0. The molecule has 2 amide bonds. The molecular weight excluding hydrogens is 262 g/mol. The van der Waals surface area contributed by atoms with E-state index >= 15 is 0 Å². The van der Waals surface area contributed by atoms with E-state index in [1.165, 1.54) is 4.90 Å². The number of aliphatic hydroxyl groups excluding tert-OH is 1. The van der Waals surface area contributed by atoms with Crippen molar-refractivity contribution >= 4 is 12.0 Å². The predicted octanol–water partition coefficient (Wildman–Crippen LogP) is -0.0539. The van der Waals surface area contributed by atoms with E-state index in [9.17, 15) is 14.7 Å². The Labute approximate surface area is 119 Å². The van der Waals surface area contributed by atoms with Gasteiger partial charge in [0.1, 0.15) is 6.04 Å². The molecule has 1 aliphatic rings. The van der Waals surface area contributed by atoms with Crippen molar-refractivity contribution in [3.05, 3.63) is 0 Å². The first kappa shape index (κ1) is 16.7. The number of hydrogen-bond donors (Lipinski definition) is 3. The minimum absolute atomic E-state index is 0.0702. The third-order valence-electron chi connectivity index (χ3n) is 3.62. The highest BCUT2D eigenvalue weighted by Gasteiger charge is 2.39. The molecule has 0 spiro atoms. The molecule has 1 aliphatic heterocycles. The summed E-state index contributed by atoms with van der Waals surface area (Å²) in [5.74, 6) is -1.08. The second-order valence-electron chi connectivity index (χ2n) is 5.23. The topological polar surface area (TPSA) is 93.1 Å². The zero-order chi connectivity index (χ0) is 15.3. The molecule has 1 rings (SSSR count). The lowest BCUT2D eigenvalue weighted by molar-refractivity contribution is -0.141. The molecule has 20 heavy (non-hydrogen) atoms. The SMILES string of the molecule is CCN(CC)CC(C)NC(=O)N1CC(O)CC1C(=O)O. The Bertz CT molecular complexity index is 347. The van der Waals surface area contributed by atoms with Crippen LogP contribution in [0.1, 0.15) is 27.2 Å². The van der Waals surface area contributed by atoms with Gasteiger partial charge >= 0.3 is 12.0 Å². The molecule has 0 aromatic rings. The lowest BCUT2D eigenvalue weighted by Crippen LogP contribution is -2.51. The smallest absolute Gasteiger partial charge is 0.326 e. The monoisotopic (exact) mass is 287 g/mol. The van der Waals surface area contributed by atoms with Gasteiger partial charge in [-0.05, 0) is 20.0 Å². The van der Waals surface area contributed by atoms with Crippen molar-refractivity contribution in [2.45, 2.75) is 45.4 Å². The second-order valence-corrected chi connectivity index (χ2v) is 5.23. The first-order valence-corrected chi connectivity index (χ1v) is 7.09. The molecule has 0 aromatic heterocycles. The zero-order valence-electron chi connectivity index (χ0n) is 12.4. The largest absolute Gasteiger partial charge is 0.480 e. The van der Waals surface area contributed by atoms with Gasteiger partial charge in [0.2, 0.25) is 0 Å². The molecule has 1 saturated heterocycles. The van der Waals surface area contributed by atoms with Crippen molar-refractivity contribution in [2.24, 2.45) is 0 Å². The number of β-amino-alcohol motifs (C(OH)–C–C–N with tert-alkyl or cyclic N) is 1. The number of aliphatic carboxylic acids is 1. The maximum atomic E-state index is 12.1. The van der Waals surface area contributed by atoms with Crippen LogP contribution in [0.5, 0.6) is 0 Å². The van der Waals surface area contributed by atoms with E-state index in [0.717, 1.165) is 13.1 Å². The summed E-state index contributed by atoms with van der Waals surface area (Å²) in [6.07, 6.45) is -0.673. The van der Waals surface area contributed by atoms with Crippen LogP contribution in [0.2, 0.25) is 0 Å². The Morgan fingerprint density at radius 1 is 1.40 bits per heavy atom. The highest BCUT2D eigenvalue weighted by atomic mass is 16.4. The molecule has 1 fully saturated rings. The molecule has 0 aliphatic carbocycles. The number of carbonyl (C=O) groups excluding carboxylic acids is 1. The van der Waals surface area contributed by atoms with Gasteiger partial charge < -0.3 is 25.3 Å². The number of carboxylic acid groups (broad SMARTS) is 1. The predicted molar refractivity (Wildman–Crippen MR) is 74.5 cm³/mol. The van der Waals surface area contributed by atoms with Gasteiger partial charge in [-0.15, -0.1) is 0 Å². The number of amides is 2. The minimum Gasteiger partial charge on any atom is -0.480 e. The number of likely N-dealkylation sites (tertiary alicyclic amines) is 1. The summed E-state index contributed by atoms with van der Waals surface area (Å²) in [4.78, 5) is 26.6. The number of likely N-dealkylation sites (N-methyl/N-ethyl adjacent to an activating group) is 1. The van der Waals surface area contributed by atoms with Gasteiger partial charge in [-0.1, -0.05) is 13.8 Å². The molecule has 0 radical (unpaired) electrons. The molecule has 0 saturated carbocycles. The highest BCUT2D eigenvalue weighted by Crippen LogP contribution is 2.18. The first-order valence-electron chi connectivity index (χ1n) is 7.09. The van der Waals surface area contributed by atoms with E-state index < -0.39 is 24.1 Å². The zero-order valence-corrected chi connectivity index (χ0v) is 12.4. The van der Waals surface area contributed by atoms with Gasteiger partial charge in [0.25, 0.3) is 0 Å². The highest BCUT2D eigenvalue weighted by molar-refractivity contribution is 5.83. The van der Waals surface area contributed by atoms with Crippen molar-refractivity contribution < 1.29 is 19.8 Å². The van der Waals surface area contributed by atoms with E-state index in [2.05, 4.69) is 24.1 Å². The van der Waals surface area contributed by atoms with Crippen molar-refractivity contribution in [2.75, 3.05) is 26.2 Å². The molecular formula is C13H25N3O4. The molecule has 3 unspecified atom stereocenters. The van der Waals surface area contributed by atoms with E-state index in [4.69, 9.17) is 5.11 Å². The number of urea groups is 1. The molecule has 3 atom stereocenters. The second kappa shape index (κ2) is 7.44. The van der Waals surface area contributed by atoms with Crippen LogP contribution in [0, 0.1) is 0 Å². The number of nitrogens with zero attached hydrogens (tertiary/aromatic N) is 2. The number of aliphatic hydroxyl groups is 1. The van der Waals surface area contributed by atoms with Gasteiger partial charge in [0, 0.05) is 25.6 Å². The first-order chi connectivity index (χ1) is 9.38. The summed E-state index contributed by atoms with van der Waals surface area (Å²) >= 11 is 0. The maximum absolute atomic E-state index is 12.1. The average Bonchev–Trinajstić information content (AvgIpc) is 2.78. The van der Waals surface area contributed by atoms with Crippen LogP contribution in [0.15, 0.2) is 0 Å². The van der Waals surface area contributed by atoms with Crippen molar-refractivity contribution in [3.63, 3.8) is 0 Å². The van der Waals surface area contributed by atoms with E-state index in [-0.39, 0.29) is 19.0 Å². The molecule has 1 heterocycles. The Morgan fingerprint density at radius 2 is 2.00 bits per heavy atom. The van der Waals surface area contributed by atoms with Crippen LogP contribution in [-0.2, 0) is 4.79 Å². The Kier molecular flexibility index (Phi) is 6.22. The van der Waals surface area contributed by atoms with Crippen LogP contribution < -0.4 is 5.32 Å². The summed E-state index contributed by atoms with van der Waals surface area (Å²) in [5, 5.41) is 21.4. The van der Waals surface area contributed by atoms with Crippen LogP contribution in [0.25, 0.3) is 0 Å². The van der Waals surface area contributed by atoms with Crippen LogP contribution in [-0.4, -0.2) is 76.4 Å². The normalized spacial score (nSPS) is 23.9. The molecule has 116 valence electrons. The fourth-order valence-electron chi connectivity index (χ4n) is 2.48. The summed E-state index contributed by atoms with van der Waals surface area (Å²) in [7, 11) is 0. The quantitative estimate of drug-likeness (QED) is 0.637. The molecule has 0 bridgehead atoms. The Hall–Kier alpha value is -1.34. The Morgan fingerprint density at radius 3 is 2.50 bits per heavy atom. The molecule has 0 aromatic carbocycles. The van der Waals surface area contributed by atoms with Crippen molar-refractivity contribution in [1.82, 2.24) is 15.1 Å². The number of hydrogen-bond acceptors (Lipinski definition) is 4. The summed E-state index contributed by atoms with van der Waals surface area (Å²) in [6.45, 7) is 8.57. The number of carbonyl (C=O) groups is 2. The van der Waals surface area contributed by atoms with E-state index in [1.54, 1.807) is 0 Å². The maximum Gasteiger partial charge on any atom is 0.326 e. The third-order valence-corrected chi connectivity index (χ3v) is 3.62. The van der Waals surface area contributed by atoms with Crippen molar-refractivity contribution in [1.29, 1.82) is 0 Å². The van der Waals surface area contributed by atoms with Crippen LogP contribution in [0.4, 0.5) is 4.79 Å². The molecule has 3 N–H and O–H groups in total. The summed E-state index contributed by atoms with van der Waals surface area (Å²) in [6, 6.07) is -1.44. The van der Waals surface area contributed by atoms with Crippen molar-refractivity contribution in [3.8, 4) is 0 Å². The van der Waals surface area contributed by atoms with Gasteiger partial charge in [-0.3, -0.25) is 0 Å². The van der Waals surface area contributed by atoms with Gasteiger partial charge in [0.05, 0.1) is 6.10 Å². The lowest BCUT2D eigenvalue weighted by Gasteiger charge is -2.27. The Balaban J connectivity index is 2.54. The van der Waals surface area contributed by atoms with E-state index in [0.29, 0.717) is 6.54 Å². The number of nitrogens with one attached hydrogen (secondary N) is 1. The lowest BCUT2D eigenvalue weighted by atomic mass is 10.2. The molecule has 7 nitrogen and oxygen atoms in total. The fraction of sp³-hybridized carbons (Fsp3) is 0.846. The molecule has 7 heteroatoms. The third kappa shape index (κ3) is 4.35. The fourth-order valence-corrected chi connectivity index (χ4v) is 2.48. The van der Waals surface area contributed by atoms with Crippen LogP contribution >= 0.6 is 0 Å². The van der Waals surface area contributed by atoms with Gasteiger partial charge in [0.15, 0.2) is 0 Å². The number of rotatable bonds is 6. The van der Waals surface area contributed by atoms with Gasteiger partial charge in [-0.2, -0.15) is 0 Å². The average molecular weight is 287 g/mol. The van der Waals surface area contributed by atoms with E-state index in [1.807, 2.05) is 6.92 Å². The summed E-state index contributed by atoms with van der Waals surface area (Å²) < 4.78 is 0. The van der Waals surface area contributed by atoms with Crippen LogP contribution in [0.3, 0.4) is 0 Å².